The lowest BCUT2D eigenvalue weighted by molar-refractivity contribution is -0.146. The minimum atomic E-state index is -0.937. The molecule has 1 amide bonds. The van der Waals surface area contributed by atoms with Gasteiger partial charge in [-0.2, -0.15) is 0 Å². The van der Waals surface area contributed by atoms with Crippen LogP contribution in [0.4, 0.5) is 0 Å². The Morgan fingerprint density at radius 1 is 1.30 bits per heavy atom. The molecule has 0 saturated carbocycles. The standard InChI is InChI=1S/C15H28N2O3/c1-4-6-15(7-9-16-10-8-15)14(20)17-12(13(18)19)11(3)5-2/h11-12,16H,4-10H2,1-3H3,(H,17,20)(H,18,19)/t11-,12-/m0/s1. The van der Waals surface area contributed by atoms with Gasteiger partial charge in [0.05, 0.1) is 5.41 Å². The van der Waals surface area contributed by atoms with Crippen LogP contribution in [0.25, 0.3) is 0 Å². The number of rotatable bonds is 7. The molecule has 1 aliphatic rings. The van der Waals surface area contributed by atoms with Crippen LogP contribution in [-0.4, -0.2) is 36.1 Å². The number of piperidine rings is 1. The maximum atomic E-state index is 12.6. The molecule has 1 rings (SSSR count). The van der Waals surface area contributed by atoms with Crippen molar-refractivity contribution in [2.75, 3.05) is 13.1 Å². The fourth-order valence-electron chi connectivity index (χ4n) is 2.95. The first kappa shape index (κ1) is 17.0. The van der Waals surface area contributed by atoms with Gasteiger partial charge >= 0.3 is 5.97 Å². The van der Waals surface area contributed by atoms with E-state index in [9.17, 15) is 14.7 Å². The van der Waals surface area contributed by atoms with Gasteiger partial charge in [0.15, 0.2) is 0 Å². The predicted molar refractivity (Wildman–Crippen MR) is 78.5 cm³/mol. The van der Waals surface area contributed by atoms with E-state index in [0.29, 0.717) is 0 Å². The van der Waals surface area contributed by atoms with Crippen LogP contribution in [0.1, 0.15) is 52.9 Å². The normalized spacial score (nSPS) is 20.9. The van der Waals surface area contributed by atoms with Gasteiger partial charge < -0.3 is 15.7 Å². The second-order valence-corrected chi connectivity index (χ2v) is 5.96. The molecular weight excluding hydrogens is 256 g/mol. The van der Waals surface area contributed by atoms with Crippen molar-refractivity contribution < 1.29 is 14.7 Å². The Kier molecular flexibility index (Phi) is 6.46. The Labute approximate surface area is 121 Å². The van der Waals surface area contributed by atoms with Crippen molar-refractivity contribution >= 4 is 11.9 Å². The Bertz CT molecular complexity index is 333. The Morgan fingerprint density at radius 3 is 2.35 bits per heavy atom. The fraction of sp³-hybridized carbons (Fsp3) is 0.867. The summed E-state index contributed by atoms with van der Waals surface area (Å²) in [5.74, 6) is -1.07. The van der Waals surface area contributed by atoms with E-state index in [4.69, 9.17) is 0 Å². The highest BCUT2D eigenvalue weighted by molar-refractivity contribution is 5.87. The van der Waals surface area contributed by atoms with Gasteiger partial charge in [-0.1, -0.05) is 33.6 Å². The van der Waals surface area contributed by atoms with E-state index in [1.807, 2.05) is 13.8 Å². The number of amides is 1. The highest BCUT2D eigenvalue weighted by Gasteiger charge is 2.40. The molecule has 0 aromatic heterocycles. The Balaban J connectivity index is 2.81. The van der Waals surface area contributed by atoms with Gasteiger partial charge in [0.25, 0.3) is 0 Å². The lowest BCUT2D eigenvalue weighted by Gasteiger charge is -2.37. The lowest BCUT2D eigenvalue weighted by atomic mass is 9.74. The molecule has 3 N–H and O–H groups in total. The van der Waals surface area contributed by atoms with Crippen molar-refractivity contribution in [3.05, 3.63) is 0 Å². The second-order valence-electron chi connectivity index (χ2n) is 5.96. The average molecular weight is 284 g/mol. The number of aliphatic carboxylic acids is 1. The maximum Gasteiger partial charge on any atom is 0.326 e. The van der Waals surface area contributed by atoms with E-state index in [0.717, 1.165) is 45.2 Å². The van der Waals surface area contributed by atoms with Gasteiger partial charge in [-0.15, -0.1) is 0 Å². The predicted octanol–water partition coefficient (Wildman–Crippen LogP) is 1.77. The molecule has 1 aliphatic heterocycles. The molecule has 1 saturated heterocycles. The molecule has 5 nitrogen and oxygen atoms in total. The largest absolute Gasteiger partial charge is 0.480 e. The van der Waals surface area contributed by atoms with E-state index < -0.39 is 12.0 Å². The summed E-state index contributed by atoms with van der Waals surface area (Å²) in [6.07, 6.45) is 4.08. The maximum absolute atomic E-state index is 12.6. The Morgan fingerprint density at radius 2 is 1.90 bits per heavy atom. The van der Waals surface area contributed by atoms with Crippen LogP contribution in [0.15, 0.2) is 0 Å². The van der Waals surface area contributed by atoms with Crippen LogP contribution < -0.4 is 10.6 Å². The molecule has 20 heavy (non-hydrogen) atoms. The SMILES string of the molecule is CCCC1(C(=O)N[C@H](C(=O)O)[C@@H](C)CC)CCNCC1. The molecule has 0 aromatic rings. The van der Waals surface area contributed by atoms with Crippen molar-refractivity contribution in [2.45, 2.75) is 58.9 Å². The molecule has 116 valence electrons. The molecule has 1 heterocycles. The van der Waals surface area contributed by atoms with Gasteiger partial charge in [-0.25, -0.2) is 4.79 Å². The summed E-state index contributed by atoms with van der Waals surface area (Å²) in [7, 11) is 0. The van der Waals surface area contributed by atoms with Crippen LogP contribution >= 0.6 is 0 Å². The summed E-state index contributed by atoms with van der Waals surface area (Å²) < 4.78 is 0. The first-order chi connectivity index (χ1) is 9.46. The van der Waals surface area contributed by atoms with Crippen molar-refractivity contribution in [1.82, 2.24) is 10.6 Å². The zero-order valence-electron chi connectivity index (χ0n) is 12.9. The number of nitrogens with one attached hydrogen (secondary N) is 2. The highest BCUT2D eigenvalue weighted by atomic mass is 16.4. The first-order valence-electron chi connectivity index (χ1n) is 7.71. The average Bonchev–Trinajstić information content (AvgIpc) is 2.44. The third kappa shape index (κ3) is 3.95. The molecule has 0 bridgehead atoms. The van der Waals surface area contributed by atoms with Crippen LogP contribution in [-0.2, 0) is 9.59 Å². The van der Waals surface area contributed by atoms with Crippen molar-refractivity contribution in [2.24, 2.45) is 11.3 Å². The third-order valence-corrected chi connectivity index (χ3v) is 4.54. The summed E-state index contributed by atoms with van der Waals surface area (Å²) in [5, 5.41) is 15.4. The molecular formula is C15H28N2O3. The molecule has 0 aromatic carbocycles. The summed E-state index contributed by atoms with van der Waals surface area (Å²) >= 11 is 0. The summed E-state index contributed by atoms with van der Waals surface area (Å²) in [4.78, 5) is 24.0. The van der Waals surface area contributed by atoms with Crippen molar-refractivity contribution in [1.29, 1.82) is 0 Å². The molecule has 0 spiro atoms. The fourth-order valence-corrected chi connectivity index (χ4v) is 2.95. The van der Waals surface area contributed by atoms with E-state index in [1.54, 1.807) is 0 Å². The number of carbonyl (C=O) groups is 2. The third-order valence-electron chi connectivity index (χ3n) is 4.54. The van der Waals surface area contributed by atoms with Crippen molar-refractivity contribution in [3.63, 3.8) is 0 Å². The highest BCUT2D eigenvalue weighted by Crippen LogP contribution is 2.34. The van der Waals surface area contributed by atoms with Crippen molar-refractivity contribution in [3.8, 4) is 0 Å². The number of hydrogen-bond acceptors (Lipinski definition) is 3. The zero-order valence-corrected chi connectivity index (χ0v) is 12.9. The topological polar surface area (TPSA) is 78.4 Å². The van der Waals surface area contributed by atoms with Gasteiger partial charge in [-0.3, -0.25) is 4.79 Å². The quantitative estimate of drug-likeness (QED) is 0.666. The molecule has 0 unspecified atom stereocenters. The van der Waals surface area contributed by atoms with Crippen LogP contribution in [0.3, 0.4) is 0 Å². The molecule has 2 atom stereocenters. The zero-order chi connectivity index (χ0) is 15.2. The lowest BCUT2D eigenvalue weighted by Crippen LogP contribution is -2.53. The van der Waals surface area contributed by atoms with E-state index in [1.165, 1.54) is 0 Å². The first-order valence-corrected chi connectivity index (χ1v) is 7.71. The van der Waals surface area contributed by atoms with Gasteiger partial charge in [-0.05, 0) is 38.3 Å². The van der Waals surface area contributed by atoms with E-state index in [-0.39, 0.29) is 17.2 Å². The Hall–Kier alpha value is -1.10. The summed E-state index contributed by atoms with van der Waals surface area (Å²) in [6, 6.07) is -0.781. The second kappa shape index (κ2) is 7.62. The van der Waals surface area contributed by atoms with Crippen LogP contribution in [0, 0.1) is 11.3 Å². The number of carbonyl (C=O) groups excluding carboxylic acids is 1. The molecule has 0 radical (unpaired) electrons. The number of carboxylic acids is 1. The van der Waals surface area contributed by atoms with E-state index in [2.05, 4.69) is 17.6 Å². The minimum Gasteiger partial charge on any atom is -0.480 e. The smallest absolute Gasteiger partial charge is 0.326 e. The van der Waals surface area contributed by atoms with Gasteiger partial charge in [0, 0.05) is 0 Å². The van der Waals surface area contributed by atoms with Gasteiger partial charge in [0.2, 0.25) is 5.91 Å². The summed E-state index contributed by atoms with van der Waals surface area (Å²) in [6.45, 7) is 7.54. The minimum absolute atomic E-state index is 0.0585. The number of carboxylic acid groups (broad SMARTS) is 1. The number of hydrogen-bond donors (Lipinski definition) is 3. The summed E-state index contributed by atoms with van der Waals surface area (Å²) in [5.41, 5.74) is -0.388. The van der Waals surface area contributed by atoms with Crippen LogP contribution in [0.5, 0.6) is 0 Å². The molecule has 0 aliphatic carbocycles. The molecule has 1 fully saturated rings. The molecule has 5 heteroatoms. The van der Waals surface area contributed by atoms with E-state index >= 15 is 0 Å². The van der Waals surface area contributed by atoms with Gasteiger partial charge in [0.1, 0.15) is 6.04 Å². The van der Waals surface area contributed by atoms with Crippen LogP contribution in [0.2, 0.25) is 0 Å². The monoisotopic (exact) mass is 284 g/mol.